The van der Waals surface area contributed by atoms with E-state index in [2.05, 4.69) is 21.8 Å². The molecular weight excluding hydrogens is 316 g/mol. The fraction of sp³-hybridized carbons (Fsp3) is 0.526. The normalized spacial score (nSPS) is 20.1. The number of aromatic hydroxyl groups is 2. The second-order valence-corrected chi connectivity index (χ2v) is 6.90. The summed E-state index contributed by atoms with van der Waals surface area (Å²) in [5.41, 5.74) is 5.48. The Kier molecular flexibility index (Phi) is 4.29. The number of rotatable bonds is 2. The summed E-state index contributed by atoms with van der Waals surface area (Å²) in [6.45, 7) is 5.44. The lowest BCUT2D eigenvalue weighted by atomic mass is 10.1. The first-order valence-corrected chi connectivity index (χ1v) is 9.19. The molecule has 0 spiro atoms. The Morgan fingerprint density at radius 1 is 1.08 bits per heavy atom. The van der Waals surface area contributed by atoms with Gasteiger partial charge in [-0.1, -0.05) is 6.92 Å². The van der Waals surface area contributed by atoms with Crippen molar-refractivity contribution in [3.05, 3.63) is 17.3 Å². The number of aromatic nitrogens is 2. The van der Waals surface area contributed by atoms with E-state index in [9.17, 15) is 10.2 Å². The molecule has 0 radical (unpaired) electrons. The maximum absolute atomic E-state index is 9.86. The lowest BCUT2D eigenvalue weighted by Crippen LogP contribution is -2.24. The van der Waals surface area contributed by atoms with Crippen LogP contribution in [0.5, 0.6) is 11.6 Å². The molecule has 0 bridgehead atoms. The van der Waals surface area contributed by atoms with Gasteiger partial charge in [-0.2, -0.15) is 0 Å². The molecule has 1 saturated heterocycles. The van der Waals surface area contributed by atoms with Crippen LogP contribution in [-0.2, 0) is 12.8 Å². The third-order valence-electron chi connectivity index (χ3n) is 5.29. The van der Waals surface area contributed by atoms with E-state index in [1.165, 1.54) is 11.8 Å². The molecule has 1 fully saturated rings. The van der Waals surface area contributed by atoms with Crippen LogP contribution >= 0.6 is 0 Å². The summed E-state index contributed by atoms with van der Waals surface area (Å²) in [6.07, 6.45) is 6.05. The zero-order valence-electron chi connectivity index (χ0n) is 14.6. The Bertz CT molecular complexity index is 847. The van der Waals surface area contributed by atoms with Crippen LogP contribution in [0.3, 0.4) is 0 Å². The molecule has 2 aromatic heterocycles. The van der Waals surface area contributed by atoms with E-state index in [-0.39, 0.29) is 11.6 Å². The van der Waals surface area contributed by atoms with Crippen LogP contribution in [0.4, 0.5) is 5.69 Å². The molecule has 6 heteroatoms. The lowest BCUT2D eigenvalue weighted by Gasteiger charge is -2.16. The highest BCUT2D eigenvalue weighted by Crippen LogP contribution is 2.38. The predicted octanol–water partition coefficient (Wildman–Crippen LogP) is 3.11. The quantitative estimate of drug-likeness (QED) is 0.878. The molecule has 3 heterocycles. The number of nitrogens with zero attached hydrogens (tertiary/aromatic N) is 4. The molecule has 2 N–H and O–H groups in total. The van der Waals surface area contributed by atoms with Gasteiger partial charge in [-0.15, -0.1) is 0 Å². The Balaban J connectivity index is 1.83. The monoisotopic (exact) mass is 340 g/mol. The maximum atomic E-state index is 9.86. The van der Waals surface area contributed by atoms with E-state index in [1.807, 2.05) is 0 Å². The van der Waals surface area contributed by atoms with Gasteiger partial charge in [0.15, 0.2) is 5.75 Å². The number of aliphatic imine (C=N–C) groups is 1. The van der Waals surface area contributed by atoms with Gasteiger partial charge >= 0.3 is 0 Å². The van der Waals surface area contributed by atoms with Crippen LogP contribution in [0.1, 0.15) is 43.9 Å². The number of likely N-dealkylation sites (tertiary alicyclic amines) is 1. The van der Waals surface area contributed by atoms with Gasteiger partial charge in [0.2, 0.25) is 0 Å². The minimum Gasteiger partial charge on any atom is -0.503 e. The van der Waals surface area contributed by atoms with Crippen molar-refractivity contribution in [2.24, 2.45) is 4.99 Å². The van der Waals surface area contributed by atoms with Crippen LogP contribution in [0, 0.1) is 0 Å². The highest BCUT2D eigenvalue weighted by atomic mass is 16.3. The van der Waals surface area contributed by atoms with Crippen molar-refractivity contribution in [3.8, 4) is 11.6 Å². The van der Waals surface area contributed by atoms with Gasteiger partial charge in [0, 0.05) is 29.6 Å². The summed E-state index contributed by atoms with van der Waals surface area (Å²) in [4.78, 5) is 16.3. The molecule has 25 heavy (non-hydrogen) atoms. The van der Waals surface area contributed by atoms with Crippen molar-refractivity contribution in [1.82, 2.24) is 14.9 Å². The molecule has 0 saturated carbocycles. The predicted molar refractivity (Wildman–Crippen MR) is 98.0 cm³/mol. The number of pyridine rings is 2. The van der Waals surface area contributed by atoms with Gasteiger partial charge in [-0.25, -0.2) is 4.98 Å². The van der Waals surface area contributed by atoms with E-state index < -0.39 is 0 Å². The molecule has 6 nitrogen and oxygen atoms in total. The van der Waals surface area contributed by atoms with Crippen LogP contribution in [0.25, 0.3) is 11.0 Å². The van der Waals surface area contributed by atoms with Gasteiger partial charge in [0.05, 0.1) is 11.2 Å². The van der Waals surface area contributed by atoms with Crippen molar-refractivity contribution >= 4 is 22.4 Å². The molecule has 2 aromatic rings. The number of aryl methyl sites for hydroxylation is 1. The topological polar surface area (TPSA) is 81.8 Å². The average Bonchev–Trinajstić information content (AvgIpc) is 2.94. The smallest absolute Gasteiger partial charge is 0.255 e. The Labute approximate surface area is 147 Å². The summed E-state index contributed by atoms with van der Waals surface area (Å²) in [5, 5.41) is 19.6. The summed E-state index contributed by atoms with van der Waals surface area (Å²) in [7, 11) is 0. The van der Waals surface area contributed by atoms with Crippen LogP contribution in [0.15, 0.2) is 11.1 Å². The number of hydrogen-bond donors (Lipinski definition) is 2. The van der Waals surface area contributed by atoms with Crippen molar-refractivity contribution in [2.75, 3.05) is 19.6 Å². The van der Waals surface area contributed by atoms with Crippen molar-refractivity contribution in [1.29, 1.82) is 0 Å². The molecular formula is C19H24N4O2. The second-order valence-electron chi connectivity index (χ2n) is 6.90. The van der Waals surface area contributed by atoms with Gasteiger partial charge in [-0.05, 0) is 51.6 Å². The highest BCUT2D eigenvalue weighted by Gasteiger charge is 2.22. The Hall–Kier alpha value is -2.21. The number of fused-ring (bicyclic) bond motifs is 2. The summed E-state index contributed by atoms with van der Waals surface area (Å²) in [5.74, 6) is -0.587. The molecule has 1 aliphatic heterocycles. The molecule has 4 rings (SSSR count). The molecule has 132 valence electrons. The van der Waals surface area contributed by atoms with E-state index in [4.69, 9.17) is 4.99 Å². The van der Waals surface area contributed by atoms with Crippen LogP contribution < -0.4 is 0 Å². The first-order valence-electron chi connectivity index (χ1n) is 9.19. The third-order valence-corrected chi connectivity index (χ3v) is 5.29. The van der Waals surface area contributed by atoms with Crippen molar-refractivity contribution < 1.29 is 10.2 Å². The van der Waals surface area contributed by atoms with Crippen LogP contribution in [0.2, 0.25) is 0 Å². The Morgan fingerprint density at radius 3 is 2.80 bits per heavy atom. The maximum Gasteiger partial charge on any atom is 0.255 e. The molecule has 0 atom stereocenters. The SMILES string of the molecule is CCN1CCC/C(=N/c2c3c(nc4cc(O)c(O)nc24)CCC3)CC1. The molecule has 0 unspecified atom stereocenters. The van der Waals surface area contributed by atoms with Crippen molar-refractivity contribution in [3.63, 3.8) is 0 Å². The zero-order valence-corrected chi connectivity index (χ0v) is 14.6. The van der Waals surface area contributed by atoms with E-state index >= 15 is 0 Å². The fourth-order valence-electron chi connectivity index (χ4n) is 3.87. The molecule has 2 aliphatic rings. The zero-order chi connectivity index (χ0) is 17.4. The van der Waals surface area contributed by atoms with Crippen LogP contribution in [-0.4, -0.2) is 50.4 Å². The minimum atomic E-state index is -0.355. The van der Waals surface area contributed by atoms with Gasteiger partial charge in [0.25, 0.3) is 5.88 Å². The summed E-state index contributed by atoms with van der Waals surface area (Å²) >= 11 is 0. The molecule has 1 aliphatic carbocycles. The third kappa shape index (κ3) is 3.06. The first kappa shape index (κ1) is 16.3. The second kappa shape index (κ2) is 6.59. The largest absolute Gasteiger partial charge is 0.503 e. The van der Waals surface area contributed by atoms with Gasteiger partial charge < -0.3 is 15.1 Å². The molecule has 0 aromatic carbocycles. The first-order chi connectivity index (χ1) is 12.2. The average molecular weight is 340 g/mol. The minimum absolute atomic E-state index is 0.232. The Morgan fingerprint density at radius 2 is 1.96 bits per heavy atom. The highest BCUT2D eigenvalue weighted by molar-refractivity contribution is 5.95. The van der Waals surface area contributed by atoms with Gasteiger partial charge in [0.1, 0.15) is 5.52 Å². The van der Waals surface area contributed by atoms with E-state index in [0.717, 1.165) is 75.1 Å². The van der Waals surface area contributed by atoms with E-state index in [0.29, 0.717) is 11.0 Å². The standard InChI is InChI=1S/C19H24N4O2/c1-2-23-9-4-5-12(8-10-23)20-17-13-6-3-7-14(13)21-15-11-16(24)19(25)22-18(15)17/h11,24H,2-10H2,1H3,(H,22,25)/b20-12-. The lowest BCUT2D eigenvalue weighted by molar-refractivity contribution is 0.303. The summed E-state index contributed by atoms with van der Waals surface area (Å²) < 4.78 is 0. The van der Waals surface area contributed by atoms with Gasteiger partial charge in [-0.3, -0.25) is 9.98 Å². The summed E-state index contributed by atoms with van der Waals surface area (Å²) in [6, 6.07) is 1.49. The van der Waals surface area contributed by atoms with Crippen molar-refractivity contribution in [2.45, 2.75) is 45.4 Å². The molecule has 0 amide bonds. The van der Waals surface area contributed by atoms with E-state index in [1.54, 1.807) is 0 Å². The number of hydrogen-bond acceptors (Lipinski definition) is 6. The fourth-order valence-corrected chi connectivity index (χ4v) is 3.87.